The quantitative estimate of drug-likeness (QED) is 0.879. The summed E-state index contributed by atoms with van der Waals surface area (Å²) in [6.45, 7) is 9.33. The third-order valence-corrected chi connectivity index (χ3v) is 5.12. The molecule has 0 amide bonds. The standard InChI is InChI=1S/C20H25NO/c1-19(2)10-11-20(3,4)17-12-14(8-9-16(17)19)18-7-5-6-15(13-22)21-18/h5-9,12,22H,10-11,13H2,1-4H3. The van der Waals surface area contributed by atoms with Crippen molar-refractivity contribution >= 4 is 0 Å². The van der Waals surface area contributed by atoms with Crippen molar-refractivity contribution in [2.75, 3.05) is 0 Å². The topological polar surface area (TPSA) is 33.1 Å². The van der Waals surface area contributed by atoms with Gasteiger partial charge in [0.2, 0.25) is 0 Å². The first kappa shape index (κ1) is 15.2. The molecule has 0 atom stereocenters. The largest absolute Gasteiger partial charge is 0.390 e. The van der Waals surface area contributed by atoms with Crippen LogP contribution in [-0.2, 0) is 17.4 Å². The molecule has 1 aromatic carbocycles. The number of aliphatic hydroxyl groups excluding tert-OH is 1. The van der Waals surface area contributed by atoms with Crippen LogP contribution in [0.15, 0.2) is 36.4 Å². The molecule has 0 aliphatic heterocycles. The van der Waals surface area contributed by atoms with Crippen LogP contribution in [0, 0.1) is 0 Å². The average Bonchev–Trinajstić information content (AvgIpc) is 2.52. The smallest absolute Gasteiger partial charge is 0.0853 e. The Morgan fingerprint density at radius 1 is 0.955 bits per heavy atom. The van der Waals surface area contributed by atoms with E-state index in [0.717, 1.165) is 17.0 Å². The zero-order valence-electron chi connectivity index (χ0n) is 14.0. The third-order valence-electron chi connectivity index (χ3n) is 5.12. The number of benzene rings is 1. The van der Waals surface area contributed by atoms with Gasteiger partial charge < -0.3 is 5.11 Å². The molecule has 116 valence electrons. The minimum Gasteiger partial charge on any atom is -0.390 e. The Kier molecular flexibility index (Phi) is 3.60. The number of hydrogen-bond acceptors (Lipinski definition) is 2. The van der Waals surface area contributed by atoms with Crippen LogP contribution in [0.2, 0.25) is 0 Å². The van der Waals surface area contributed by atoms with Gasteiger partial charge in [0.1, 0.15) is 0 Å². The Labute approximate surface area is 133 Å². The van der Waals surface area contributed by atoms with Crippen molar-refractivity contribution in [3.63, 3.8) is 0 Å². The lowest BCUT2D eigenvalue weighted by Gasteiger charge is -2.42. The minimum absolute atomic E-state index is 0.0166. The molecule has 0 bridgehead atoms. The Morgan fingerprint density at radius 3 is 2.32 bits per heavy atom. The first-order valence-electron chi connectivity index (χ1n) is 8.06. The molecule has 3 rings (SSSR count). The summed E-state index contributed by atoms with van der Waals surface area (Å²) in [5.41, 5.74) is 6.14. The molecule has 0 saturated carbocycles. The highest BCUT2D eigenvalue weighted by atomic mass is 16.3. The van der Waals surface area contributed by atoms with E-state index in [4.69, 9.17) is 0 Å². The maximum absolute atomic E-state index is 9.29. The first-order valence-corrected chi connectivity index (χ1v) is 8.06. The van der Waals surface area contributed by atoms with Crippen molar-refractivity contribution in [2.45, 2.75) is 58.0 Å². The SMILES string of the molecule is CC1(C)CCC(C)(C)c2cc(-c3cccc(CO)n3)ccc21. The van der Waals surface area contributed by atoms with Crippen molar-refractivity contribution < 1.29 is 5.11 Å². The fraction of sp³-hybridized carbons (Fsp3) is 0.450. The molecule has 2 heteroatoms. The molecule has 1 aliphatic rings. The number of nitrogens with zero attached hydrogens (tertiary/aromatic N) is 1. The van der Waals surface area contributed by atoms with Gasteiger partial charge in [-0.2, -0.15) is 0 Å². The fourth-order valence-electron chi connectivity index (χ4n) is 3.48. The summed E-state index contributed by atoms with van der Waals surface area (Å²) in [5.74, 6) is 0. The summed E-state index contributed by atoms with van der Waals surface area (Å²) in [4.78, 5) is 4.54. The van der Waals surface area contributed by atoms with Gasteiger partial charge in [-0.25, -0.2) is 0 Å². The number of aliphatic hydroxyl groups is 1. The van der Waals surface area contributed by atoms with Gasteiger partial charge in [-0.1, -0.05) is 45.9 Å². The maximum Gasteiger partial charge on any atom is 0.0853 e. The van der Waals surface area contributed by atoms with Crippen molar-refractivity contribution in [1.29, 1.82) is 0 Å². The molecule has 2 nitrogen and oxygen atoms in total. The summed E-state index contributed by atoms with van der Waals surface area (Å²) in [6, 6.07) is 12.6. The molecular formula is C20H25NO. The summed E-state index contributed by atoms with van der Waals surface area (Å²) < 4.78 is 0. The van der Waals surface area contributed by atoms with Crippen molar-refractivity contribution in [3.05, 3.63) is 53.2 Å². The van der Waals surface area contributed by atoms with E-state index < -0.39 is 0 Å². The second-order valence-electron chi connectivity index (χ2n) is 7.70. The molecule has 1 N–H and O–H groups in total. The highest BCUT2D eigenvalue weighted by Crippen LogP contribution is 2.46. The summed E-state index contributed by atoms with van der Waals surface area (Å²) in [7, 11) is 0. The first-order chi connectivity index (χ1) is 10.3. The monoisotopic (exact) mass is 295 g/mol. The average molecular weight is 295 g/mol. The predicted molar refractivity (Wildman–Crippen MR) is 90.9 cm³/mol. The van der Waals surface area contributed by atoms with E-state index in [2.05, 4.69) is 50.9 Å². The van der Waals surface area contributed by atoms with Crippen molar-refractivity contribution in [2.24, 2.45) is 0 Å². The Hall–Kier alpha value is -1.67. The van der Waals surface area contributed by atoms with Crippen LogP contribution in [0.4, 0.5) is 0 Å². The molecule has 1 aromatic heterocycles. The van der Waals surface area contributed by atoms with Crippen LogP contribution in [0.5, 0.6) is 0 Å². The van der Waals surface area contributed by atoms with E-state index in [1.54, 1.807) is 0 Å². The maximum atomic E-state index is 9.29. The summed E-state index contributed by atoms with van der Waals surface area (Å²) in [6.07, 6.45) is 2.44. The fourth-order valence-corrected chi connectivity index (χ4v) is 3.48. The zero-order chi connectivity index (χ0) is 16.0. The normalized spacial score (nSPS) is 18.8. The van der Waals surface area contributed by atoms with E-state index >= 15 is 0 Å². The van der Waals surface area contributed by atoms with Gasteiger partial charge in [-0.3, -0.25) is 4.98 Å². The zero-order valence-corrected chi connectivity index (χ0v) is 14.0. The van der Waals surface area contributed by atoms with Gasteiger partial charge >= 0.3 is 0 Å². The second-order valence-corrected chi connectivity index (χ2v) is 7.70. The number of hydrogen-bond donors (Lipinski definition) is 1. The Balaban J connectivity index is 2.13. The van der Waals surface area contributed by atoms with E-state index in [0.29, 0.717) is 0 Å². The number of fused-ring (bicyclic) bond motifs is 1. The highest BCUT2D eigenvalue weighted by Gasteiger charge is 2.36. The van der Waals surface area contributed by atoms with Crippen LogP contribution in [0.3, 0.4) is 0 Å². The van der Waals surface area contributed by atoms with Crippen LogP contribution in [0.1, 0.15) is 57.4 Å². The van der Waals surface area contributed by atoms with Gasteiger partial charge in [0.15, 0.2) is 0 Å². The molecule has 22 heavy (non-hydrogen) atoms. The molecule has 0 unspecified atom stereocenters. The van der Waals surface area contributed by atoms with E-state index in [1.807, 2.05) is 18.2 Å². The lowest BCUT2D eigenvalue weighted by atomic mass is 9.63. The number of rotatable bonds is 2. The molecule has 1 heterocycles. The lowest BCUT2D eigenvalue weighted by molar-refractivity contribution is 0.277. The minimum atomic E-state index is -0.0166. The van der Waals surface area contributed by atoms with Gasteiger partial charge in [0, 0.05) is 5.56 Å². The predicted octanol–water partition coefficient (Wildman–Crippen LogP) is 4.59. The molecule has 0 spiro atoms. The van der Waals surface area contributed by atoms with Crippen LogP contribution in [0.25, 0.3) is 11.3 Å². The molecular weight excluding hydrogens is 270 g/mol. The highest BCUT2D eigenvalue weighted by molar-refractivity contribution is 5.63. The van der Waals surface area contributed by atoms with E-state index in [1.165, 1.54) is 24.0 Å². The molecule has 0 saturated heterocycles. The summed E-state index contributed by atoms with van der Waals surface area (Å²) in [5, 5.41) is 9.29. The van der Waals surface area contributed by atoms with Crippen LogP contribution >= 0.6 is 0 Å². The number of pyridine rings is 1. The van der Waals surface area contributed by atoms with Crippen molar-refractivity contribution in [1.82, 2.24) is 4.98 Å². The van der Waals surface area contributed by atoms with E-state index in [-0.39, 0.29) is 17.4 Å². The molecule has 0 fully saturated rings. The Bertz CT molecular complexity index is 701. The third kappa shape index (κ3) is 2.56. The van der Waals surface area contributed by atoms with Gasteiger partial charge in [-0.15, -0.1) is 0 Å². The second kappa shape index (κ2) is 5.20. The molecule has 1 aliphatic carbocycles. The van der Waals surface area contributed by atoms with E-state index in [9.17, 15) is 5.11 Å². The number of aromatic nitrogens is 1. The van der Waals surface area contributed by atoms with Gasteiger partial charge in [-0.05, 0) is 53.0 Å². The molecule has 2 aromatic rings. The van der Waals surface area contributed by atoms with Crippen molar-refractivity contribution in [3.8, 4) is 11.3 Å². The van der Waals surface area contributed by atoms with Crippen LogP contribution < -0.4 is 0 Å². The summed E-state index contributed by atoms with van der Waals surface area (Å²) >= 11 is 0. The Morgan fingerprint density at radius 2 is 1.64 bits per heavy atom. The molecule has 0 radical (unpaired) electrons. The lowest BCUT2D eigenvalue weighted by Crippen LogP contribution is -2.33. The van der Waals surface area contributed by atoms with Gasteiger partial charge in [0.25, 0.3) is 0 Å². The van der Waals surface area contributed by atoms with Gasteiger partial charge in [0.05, 0.1) is 18.0 Å². The van der Waals surface area contributed by atoms with Crippen LogP contribution in [-0.4, -0.2) is 10.1 Å².